The Hall–Kier alpha value is -2.50. The van der Waals surface area contributed by atoms with E-state index in [1.807, 2.05) is 12.1 Å². The molecule has 0 aliphatic rings. The molecule has 0 atom stereocenters. The van der Waals surface area contributed by atoms with Crippen LogP contribution in [-0.2, 0) is 6.54 Å². The van der Waals surface area contributed by atoms with Crippen molar-refractivity contribution in [3.8, 4) is 0 Å². The van der Waals surface area contributed by atoms with E-state index in [2.05, 4.69) is 20.3 Å². The van der Waals surface area contributed by atoms with E-state index in [4.69, 9.17) is 5.73 Å². The number of hydrogen-bond acceptors (Lipinski definition) is 5. The number of carbonyl (C=O) groups excluding carboxylic acids is 1. The zero-order valence-electron chi connectivity index (χ0n) is 9.00. The number of nitrogen functional groups attached to an aromatic ring is 1. The SMILES string of the molecule is Nc1cnc(C(=O)NCc2ccncc2)cn1. The number of aromatic nitrogens is 3. The third-order valence-corrected chi connectivity index (χ3v) is 2.11. The van der Waals surface area contributed by atoms with Gasteiger partial charge in [0.25, 0.3) is 5.91 Å². The minimum absolute atomic E-state index is 0.244. The summed E-state index contributed by atoms with van der Waals surface area (Å²) in [5.74, 6) is 0.00463. The number of pyridine rings is 1. The van der Waals surface area contributed by atoms with Crippen molar-refractivity contribution >= 4 is 11.7 Å². The molecule has 0 aliphatic carbocycles. The van der Waals surface area contributed by atoms with E-state index in [-0.39, 0.29) is 17.4 Å². The van der Waals surface area contributed by atoms with Crippen LogP contribution >= 0.6 is 0 Å². The van der Waals surface area contributed by atoms with Gasteiger partial charge in [0.1, 0.15) is 11.5 Å². The zero-order valence-corrected chi connectivity index (χ0v) is 9.00. The number of nitrogens with two attached hydrogens (primary N) is 1. The van der Waals surface area contributed by atoms with Crippen LogP contribution in [0.25, 0.3) is 0 Å². The van der Waals surface area contributed by atoms with E-state index in [1.54, 1.807) is 12.4 Å². The van der Waals surface area contributed by atoms with Gasteiger partial charge in [0.05, 0.1) is 12.4 Å². The number of nitrogens with zero attached hydrogens (tertiary/aromatic N) is 3. The average Bonchev–Trinajstić information content (AvgIpc) is 2.38. The molecule has 2 heterocycles. The largest absolute Gasteiger partial charge is 0.382 e. The highest BCUT2D eigenvalue weighted by Gasteiger charge is 2.06. The molecule has 0 unspecified atom stereocenters. The molecule has 0 saturated carbocycles. The highest BCUT2D eigenvalue weighted by atomic mass is 16.1. The number of carbonyl (C=O) groups is 1. The van der Waals surface area contributed by atoms with Gasteiger partial charge in [-0.25, -0.2) is 9.97 Å². The van der Waals surface area contributed by atoms with Gasteiger partial charge in [-0.05, 0) is 17.7 Å². The number of amides is 1. The van der Waals surface area contributed by atoms with E-state index in [0.717, 1.165) is 5.56 Å². The molecule has 0 radical (unpaired) electrons. The monoisotopic (exact) mass is 229 g/mol. The maximum absolute atomic E-state index is 11.7. The van der Waals surface area contributed by atoms with Crippen LogP contribution in [0, 0.1) is 0 Å². The Morgan fingerprint density at radius 3 is 2.65 bits per heavy atom. The van der Waals surface area contributed by atoms with E-state index in [1.165, 1.54) is 12.4 Å². The predicted octanol–water partition coefficient (Wildman–Crippen LogP) is 0.384. The van der Waals surface area contributed by atoms with Gasteiger partial charge >= 0.3 is 0 Å². The maximum Gasteiger partial charge on any atom is 0.271 e. The lowest BCUT2D eigenvalue weighted by Crippen LogP contribution is -2.24. The molecular weight excluding hydrogens is 218 g/mol. The quantitative estimate of drug-likeness (QED) is 0.793. The smallest absolute Gasteiger partial charge is 0.271 e. The summed E-state index contributed by atoms with van der Waals surface area (Å²) in [6, 6.07) is 3.66. The summed E-state index contributed by atoms with van der Waals surface area (Å²) < 4.78 is 0. The fourth-order valence-electron chi connectivity index (χ4n) is 1.23. The first-order chi connectivity index (χ1) is 8.25. The topological polar surface area (TPSA) is 93.8 Å². The molecule has 2 aromatic heterocycles. The lowest BCUT2D eigenvalue weighted by atomic mass is 10.2. The van der Waals surface area contributed by atoms with E-state index < -0.39 is 0 Å². The van der Waals surface area contributed by atoms with Gasteiger partial charge in [0.15, 0.2) is 0 Å². The molecule has 6 nitrogen and oxygen atoms in total. The molecule has 6 heteroatoms. The van der Waals surface area contributed by atoms with Crippen molar-refractivity contribution in [2.24, 2.45) is 0 Å². The van der Waals surface area contributed by atoms with Gasteiger partial charge in [0, 0.05) is 18.9 Å². The van der Waals surface area contributed by atoms with E-state index in [9.17, 15) is 4.79 Å². The fourth-order valence-corrected chi connectivity index (χ4v) is 1.23. The molecule has 17 heavy (non-hydrogen) atoms. The Morgan fingerprint density at radius 1 is 1.24 bits per heavy atom. The van der Waals surface area contributed by atoms with Crippen LogP contribution in [-0.4, -0.2) is 20.9 Å². The molecule has 86 valence electrons. The third-order valence-electron chi connectivity index (χ3n) is 2.11. The van der Waals surface area contributed by atoms with Gasteiger partial charge in [-0.3, -0.25) is 9.78 Å². The first-order valence-electron chi connectivity index (χ1n) is 5.00. The Morgan fingerprint density at radius 2 is 2.00 bits per heavy atom. The van der Waals surface area contributed by atoms with Crippen LogP contribution in [0.15, 0.2) is 36.9 Å². The Balaban J connectivity index is 1.96. The van der Waals surface area contributed by atoms with Crippen molar-refractivity contribution in [2.75, 3.05) is 5.73 Å². The fraction of sp³-hybridized carbons (Fsp3) is 0.0909. The molecule has 0 aromatic carbocycles. The van der Waals surface area contributed by atoms with E-state index in [0.29, 0.717) is 6.54 Å². The summed E-state index contributed by atoms with van der Waals surface area (Å²) in [6.45, 7) is 0.424. The second-order valence-electron chi connectivity index (χ2n) is 3.36. The van der Waals surface area contributed by atoms with Gasteiger partial charge in [-0.15, -0.1) is 0 Å². The summed E-state index contributed by atoms with van der Waals surface area (Å²) >= 11 is 0. The van der Waals surface area contributed by atoms with Crippen molar-refractivity contribution in [1.29, 1.82) is 0 Å². The summed E-state index contributed by atoms with van der Waals surface area (Å²) in [6.07, 6.45) is 6.04. The number of hydrogen-bond donors (Lipinski definition) is 2. The van der Waals surface area contributed by atoms with Crippen molar-refractivity contribution in [3.63, 3.8) is 0 Å². The van der Waals surface area contributed by atoms with Crippen LogP contribution in [0.3, 0.4) is 0 Å². The minimum Gasteiger partial charge on any atom is -0.382 e. The van der Waals surface area contributed by atoms with Crippen molar-refractivity contribution in [2.45, 2.75) is 6.54 Å². The standard InChI is InChI=1S/C11H11N5O/c12-10-7-14-9(6-15-10)11(17)16-5-8-1-3-13-4-2-8/h1-4,6-7H,5H2,(H2,12,15)(H,16,17). The molecule has 2 aromatic rings. The summed E-state index contributed by atoms with van der Waals surface area (Å²) in [4.78, 5) is 23.2. The minimum atomic E-state index is -0.283. The molecule has 0 saturated heterocycles. The normalized spacial score (nSPS) is 9.88. The van der Waals surface area contributed by atoms with Gasteiger partial charge in [-0.1, -0.05) is 0 Å². The Kier molecular flexibility index (Phi) is 3.25. The Labute approximate surface area is 97.9 Å². The lowest BCUT2D eigenvalue weighted by molar-refractivity contribution is 0.0945. The second kappa shape index (κ2) is 5.02. The lowest BCUT2D eigenvalue weighted by Gasteiger charge is -2.04. The number of nitrogens with one attached hydrogen (secondary N) is 1. The van der Waals surface area contributed by atoms with Crippen LogP contribution in [0.5, 0.6) is 0 Å². The number of rotatable bonds is 3. The third kappa shape index (κ3) is 2.97. The van der Waals surface area contributed by atoms with Crippen LogP contribution in [0.2, 0.25) is 0 Å². The molecule has 0 spiro atoms. The summed E-state index contributed by atoms with van der Waals surface area (Å²) in [7, 11) is 0. The summed E-state index contributed by atoms with van der Waals surface area (Å²) in [5, 5.41) is 2.72. The zero-order chi connectivity index (χ0) is 12.1. The highest BCUT2D eigenvalue weighted by molar-refractivity contribution is 5.91. The molecule has 3 N–H and O–H groups in total. The van der Waals surface area contributed by atoms with Crippen LogP contribution < -0.4 is 11.1 Å². The van der Waals surface area contributed by atoms with Crippen LogP contribution in [0.1, 0.15) is 16.1 Å². The van der Waals surface area contributed by atoms with Gasteiger partial charge in [-0.2, -0.15) is 0 Å². The molecular formula is C11H11N5O. The second-order valence-corrected chi connectivity index (χ2v) is 3.36. The van der Waals surface area contributed by atoms with Crippen molar-refractivity contribution < 1.29 is 4.79 Å². The molecule has 0 bridgehead atoms. The van der Waals surface area contributed by atoms with Crippen molar-refractivity contribution in [1.82, 2.24) is 20.3 Å². The molecule has 2 rings (SSSR count). The highest BCUT2D eigenvalue weighted by Crippen LogP contribution is 1.98. The maximum atomic E-state index is 11.7. The van der Waals surface area contributed by atoms with Crippen LogP contribution in [0.4, 0.5) is 5.82 Å². The predicted molar refractivity (Wildman–Crippen MR) is 61.9 cm³/mol. The molecule has 0 aliphatic heterocycles. The first kappa shape index (κ1) is 11.0. The van der Waals surface area contributed by atoms with E-state index >= 15 is 0 Å². The molecule has 0 fully saturated rings. The molecule has 1 amide bonds. The average molecular weight is 229 g/mol. The van der Waals surface area contributed by atoms with Crippen molar-refractivity contribution in [3.05, 3.63) is 48.2 Å². The van der Waals surface area contributed by atoms with Gasteiger partial charge in [0.2, 0.25) is 0 Å². The Bertz CT molecular complexity index is 497. The number of anilines is 1. The summed E-state index contributed by atoms with van der Waals surface area (Å²) in [5.41, 5.74) is 6.59. The first-order valence-corrected chi connectivity index (χ1v) is 5.00. The van der Waals surface area contributed by atoms with Gasteiger partial charge < -0.3 is 11.1 Å².